The van der Waals surface area contributed by atoms with Gasteiger partial charge in [-0.3, -0.25) is 10.4 Å². The van der Waals surface area contributed by atoms with Gasteiger partial charge in [-0.05, 0) is 42.9 Å². The van der Waals surface area contributed by atoms with Crippen LogP contribution in [0.15, 0.2) is 97.1 Å². The summed E-state index contributed by atoms with van der Waals surface area (Å²) in [5.74, 6) is -0.242. The fourth-order valence-corrected chi connectivity index (χ4v) is 6.00. The van der Waals surface area contributed by atoms with E-state index in [1.165, 1.54) is 6.42 Å². The molecule has 3 aliphatic rings. The van der Waals surface area contributed by atoms with Gasteiger partial charge < -0.3 is 4.74 Å². The summed E-state index contributed by atoms with van der Waals surface area (Å²) in [5, 5.41) is 2.09. The topological polar surface area (TPSA) is 41.6 Å². The maximum Gasteiger partial charge on any atom is 0.341 e. The molecule has 0 unspecified atom stereocenters. The second-order valence-corrected chi connectivity index (χ2v) is 9.99. The van der Waals surface area contributed by atoms with Gasteiger partial charge in [-0.25, -0.2) is 4.79 Å². The summed E-state index contributed by atoms with van der Waals surface area (Å²) in [4.78, 5) is 14.1. The van der Waals surface area contributed by atoms with E-state index in [9.17, 15) is 4.79 Å². The number of benzene rings is 4. The van der Waals surface area contributed by atoms with Crippen molar-refractivity contribution in [3.8, 4) is 22.3 Å². The predicted molar refractivity (Wildman–Crippen MR) is 150 cm³/mol. The molecule has 0 aromatic heterocycles. The summed E-state index contributed by atoms with van der Waals surface area (Å²) in [5.41, 5.74) is 13.4. The van der Waals surface area contributed by atoms with Crippen LogP contribution in [0.4, 0.5) is 11.4 Å². The van der Waals surface area contributed by atoms with E-state index < -0.39 is 0 Å². The van der Waals surface area contributed by atoms with Crippen molar-refractivity contribution in [1.29, 1.82) is 0 Å². The Hall–Kier alpha value is -4.31. The molecule has 2 heterocycles. The number of nitrogens with one attached hydrogen (secondary N) is 1. The van der Waals surface area contributed by atoms with Crippen molar-refractivity contribution >= 4 is 28.6 Å². The molecule has 0 atom stereocenters. The number of hydrogen-bond donors (Lipinski definition) is 1. The molecule has 4 aromatic rings. The fraction of sp³-hybridized carbons (Fsp3) is 0.182. The van der Waals surface area contributed by atoms with E-state index in [1.807, 2.05) is 42.5 Å². The van der Waals surface area contributed by atoms with Crippen molar-refractivity contribution in [2.45, 2.75) is 38.2 Å². The molecule has 0 bridgehead atoms. The van der Waals surface area contributed by atoms with Crippen LogP contribution in [-0.4, -0.2) is 12.1 Å². The van der Waals surface area contributed by atoms with Crippen LogP contribution in [0, 0.1) is 0 Å². The number of fused-ring (bicyclic) bond motifs is 7. The molecule has 0 saturated heterocycles. The predicted octanol–water partition coefficient (Wildman–Crippen LogP) is 7.93. The fourth-order valence-electron chi connectivity index (χ4n) is 6.00. The molecule has 0 radical (unpaired) electrons. The van der Waals surface area contributed by atoms with E-state index in [4.69, 9.17) is 4.74 Å². The molecule has 4 nitrogen and oxygen atoms in total. The first kappa shape index (κ1) is 21.9. The summed E-state index contributed by atoms with van der Waals surface area (Å²) >= 11 is 0. The Labute approximate surface area is 217 Å². The Morgan fingerprint density at radius 2 is 1.32 bits per heavy atom. The van der Waals surface area contributed by atoms with E-state index >= 15 is 0 Å². The van der Waals surface area contributed by atoms with Crippen LogP contribution >= 0.6 is 0 Å². The lowest BCUT2D eigenvalue weighted by Crippen LogP contribution is -2.37. The lowest BCUT2D eigenvalue weighted by Gasteiger charge is -2.41. The van der Waals surface area contributed by atoms with Gasteiger partial charge >= 0.3 is 5.97 Å². The molecular weight excluding hydrogens is 456 g/mol. The molecule has 1 fully saturated rings. The molecule has 7 rings (SSSR count). The molecule has 1 saturated carbocycles. The van der Waals surface area contributed by atoms with E-state index in [-0.39, 0.29) is 12.1 Å². The highest BCUT2D eigenvalue weighted by Crippen LogP contribution is 2.51. The van der Waals surface area contributed by atoms with Crippen molar-refractivity contribution < 1.29 is 9.53 Å². The van der Waals surface area contributed by atoms with Crippen LogP contribution in [0.25, 0.3) is 33.5 Å². The number of nitrogens with zero attached hydrogens (tertiary/aromatic N) is 1. The van der Waals surface area contributed by atoms with Gasteiger partial charge in [-0.1, -0.05) is 97.4 Å². The van der Waals surface area contributed by atoms with Crippen molar-refractivity contribution in [2.24, 2.45) is 0 Å². The summed E-state index contributed by atoms with van der Waals surface area (Å²) in [6.07, 6.45) is 5.29. The second-order valence-electron chi connectivity index (χ2n) is 9.99. The first-order valence-electron chi connectivity index (χ1n) is 13.2. The Kier molecular flexibility index (Phi) is 5.32. The van der Waals surface area contributed by atoms with Crippen LogP contribution < -0.4 is 10.4 Å². The minimum Gasteiger partial charge on any atom is -0.459 e. The van der Waals surface area contributed by atoms with E-state index in [1.54, 1.807) is 0 Å². The molecule has 0 spiro atoms. The van der Waals surface area contributed by atoms with Gasteiger partial charge in [-0.2, -0.15) is 0 Å². The van der Waals surface area contributed by atoms with Crippen LogP contribution in [0.2, 0.25) is 0 Å². The lowest BCUT2D eigenvalue weighted by molar-refractivity contribution is -0.143. The summed E-state index contributed by atoms with van der Waals surface area (Å²) in [7, 11) is 0. The van der Waals surface area contributed by atoms with Crippen LogP contribution in [-0.2, 0) is 9.53 Å². The van der Waals surface area contributed by atoms with Gasteiger partial charge in [0.1, 0.15) is 6.10 Å². The molecule has 0 amide bonds. The highest BCUT2D eigenvalue weighted by Gasteiger charge is 2.38. The molecule has 37 heavy (non-hydrogen) atoms. The Balaban J connectivity index is 1.48. The number of ether oxygens (including phenoxy) is 1. The Morgan fingerprint density at radius 1 is 0.676 bits per heavy atom. The first-order valence-corrected chi connectivity index (χ1v) is 13.2. The zero-order chi connectivity index (χ0) is 24.8. The zero-order valence-corrected chi connectivity index (χ0v) is 20.6. The normalized spacial score (nSPS) is 16.2. The van der Waals surface area contributed by atoms with Gasteiger partial charge in [0.25, 0.3) is 0 Å². The SMILES string of the molecule is O=C(OC1CCCCC1)C1=C2c3ccccc3-c3ccccc3N2Nc2c1cccc2-c1ccccc1. The highest BCUT2D eigenvalue weighted by molar-refractivity contribution is 6.31. The Morgan fingerprint density at radius 3 is 2.14 bits per heavy atom. The maximum absolute atomic E-state index is 14.1. The van der Waals surface area contributed by atoms with Crippen LogP contribution in [0.1, 0.15) is 43.2 Å². The van der Waals surface area contributed by atoms with Crippen molar-refractivity contribution in [3.05, 3.63) is 108 Å². The van der Waals surface area contributed by atoms with Gasteiger partial charge in [-0.15, -0.1) is 0 Å². The van der Waals surface area contributed by atoms with Crippen LogP contribution in [0.3, 0.4) is 0 Å². The number of anilines is 2. The molecule has 1 aliphatic carbocycles. The summed E-state index contributed by atoms with van der Waals surface area (Å²) in [6, 6.07) is 33.2. The van der Waals surface area contributed by atoms with Crippen molar-refractivity contribution in [1.82, 2.24) is 0 Å². The molecule has 4 heteroatoms. The summed E-state index contributed by atoms with van der Waals surface area (Å²) in [6.45, 7) is 0. The van der Waals surface area contributed by atoms with Gasteiger partial charge in [0.2, 0.25) is 0 Å². The largest absolute Gasteiger partial charge is 0.459 e. The molecule has 2 aliphatic heterocycles. The molecule has 4 aromatic carbocycles. The first-order chi connectivity index (χ1) is 18.3. The van der Waals surface area contributed by atoms with E-state index in [2.05, 4.69) is 65.0 Å². The quantitative estimate of drug-likeness (QED) is 0.300. The third-order valence-electron chi connectivity index (χ3n) is 7.75. The number of rotatable bonds is 3. The zero-order valence-electron chi connectivity index (χ0n) is 20.6. The molecule has 182 valence electrons. The third-order valence-corrected chi connectivity index (χ3v) is 7.75. The number of hydrazine groups is 1. The van der Waals surface area contributed by atoms with Gasteiger partial charge in [0.05, 0.1) is 22.6 Å². The maximum atomic E-state index is 14.1. The molecule has 1 N–H and O–H groups in total. The number of hydrogen-bond acceptors (Lipinski definition) is 4. The van der Waals surface area contributed by atoms with Gasteiger partial charge in [0, 0.05) is 22.3 Å². The van der Waals surface area contributed by atoms with Crippen molar-refractivity contribution in [2.75, 3.05) is 10.4 Å². The number of esters is 1. The van der Waals surface area contributed by atoms with Gasteiger partial charge in [0.15, 0.2) is 0 Å². The molecular formula is C33H28N2O2. The average Bonchev–Trinajstić information content (AvgIpc) is 2.97. The van der Waals surface area contributed by atoms with E-state index in [0.717, 1.165) is 76.1 Å². The average molecular weight is 485 g/mol. The number of carbonyl (C=O) groups is 1. The minimum atomic E-state index is -0.242. The summed E-state index contributed by atoms with van der Waals surface area (Å²) < 4.78 is 6.23. The van der Waals surface area contributed by atoms with Crippen molar-refractivity contribution in [3.63, 3.8) is 0 Å². The standard InChI is InChI=1S/C33H28N2O2/c36-33(37-23-14-5-2-6-15-23)30-28-20-11-19-24(22-12-3-1-4-13-22)31(28)34-35-29-21-10-9-17-26(29)25-16-7-8-18-27(25)32(30)35/h1,3-4,7-13,16-21,23,34H,2,5-6,14-15H2. The smallest absolute Gasteiger partial charge is 0.341 e. The Bertz CT molecular complexity index is 1530. The lowest BCUT2D eigenvalue weighted by atomic mass is 9.85. The number of carbonyl (C=O) groups excluding carboxylic acids is 1. The minimum absolute atomic E-state index is 0.0236. The monoisotopic (exact) mass is 484 g/mol. The van der Waals surface area contributed by atoms with E-state index in [0.29, 0.717) is 5.57 Å². The highest BCUT2D eigenvalue weighted by atomic mass is 16.5. The second kappa shape index (κ2) is 8.97. The number of para-hydroxylation sites is 2. The van der Waals surface area contributed by atoms with Crippen LogP contribution in [0.5, 0.6) is 0 Å². The third kappa shape index (κ3) is 3.63.